The molecule has 0 heterocycles. The Morgan fingerprint density at radius 1 is 1.22 bits per heavy atom. The molecule has 1 N–H and O–H groups in total. The average molecular weight is 330 g/mol. The third kappa shape index (κ3) is 4.94. The molecule has 0 aromatic heterocycles. The molecule has 0 aliphatic heterocycles. The van der Waals surface area contributed by atoms with Crippen LogP contribution in [-0.4, -0.2) is 17.8 Å². The summed E-state index contributed by atoms with van der Waals surface area (Å²) in [5.74, 6) is 0. The van der Waals surface area contributed by atoms with E-state index in [2.05, 4.69) is 66.3 Å². The molecular weight excluding hydrogens is 306 g/mol. The first-order valence-electron chi connectivity index (χ1n) is 6.87. The molecule has 0 fully saturated rings. The molecule has 0 saturated heterocycles. The van der Waals surface area contributed by atoms with E-state index in [0.29, 0.717) is 11.3 Å². The maximum absolute atomic E-state index is 3.64. The molecule has 1 rings (SSSR count). The molecule has 0 bridgehead atoms. The van der Waals surface area contributed by atoms with Gasteiger partial charge in [0.1, 0.15) is 0 Å². The van der Waals surface area contributed by atoms with E-state index in [1.54, 1.807) is 0 Å². The van der Waals surface area contributed by atoms with E-state index in [9.17, 15) is 0 Å². The van der Waals surface area contributed by atoms with Crippen molar-refractivity contribution in [1.82, 2.24) is 5.32 Å². The zero-order chi connectivity index (χ0) is 13.4. The van der Waals surface area contributed by atoms with Gasteiger partial charge in [-0.3, -0.25) is 0 Å². The van der Waals surface area contributed by atoms with Crippen molar-refractivity contribution in [1.29, 1.82) is 0 Å². The van der Waals surface area contributed by atoms with E-state index in [1.807, 2.05) is 11.8 Å². The molecule has 2 unspecified atom stereocenters. The van der Waals surface area contributed by atoms with Gasteiger partial charge < -0.3 is 5.32 Å². The molecular formula is C15H24BrNS. The fraction of sp³-hybridized carbons (Fsp3) is 0.600. The minimum absolute atomic E-state index is 0.613. The van der Waals surface area contributed by atoms with Crippen molar-refractivity contribution in [3.63, 3.8) is 0 Å². The van der Waals surface area contributed by atoms with Crippen molar-refractivity contribution in [2.75, 3.05) is 6.54 Å². The van der Waals surface area contributed by atoms with Crippen molar-refractivity contribution < 1.29 is 0 Å². The summed E-state index contributed by atoms with van der Waals surface area (Å²) in [6, 6.07) is 9.12. The van der Waals surface area contributed by atoms with Crippen LogP contribution in [0.4, 0.5) is 0 Å². The van der Waals surface area contributed by atoms with Crippen LogP contribution >= 0.6 is 27.7 Å². The van der Waals surface area contributed by atoms with Crippen LogP contribution < -0.4 is 5.32 Å². The number of rotatable bonds is 8. The highest BCUT2D eigenvalue weighted by molar-refractivity contribution is 9.10. The largest absolute Gasteiger partial charge is 0.313 e. The van der Waals surface area contributed by atoms with Crippen molar-refractivity contribution in [3.8, 4) is 0 Å². The number of benzene rings is 1. The van der Waals surface area contributed by atoms with Crippen molar-refractivity contribution in [2.45, 2.75) is 56.2 Å². The van der Waals surface area contributed by atoms with Crippen LogP contribution in [0, 0.1) is 0 Å². The predicted molar refractivity (Wildman–Crippen MR) is 86.5 cm³/mol. The van der Waals surface area contributed by atoms with Gasteiger partial charge >= 0.3 is 0 Å². The van der Waals surface area contributed by atoms with Crippen LogP contribution in [0.1, 0.15) is 40.0 Å². The van der Waals surface area contributed by atoms with Gasteiger partial charge in [0, 0.05) is 20.7 Å². The summed E-state index contributed by atoms with van der Waals surface area (Å²) in [6.07, 6.45) is 3.69. The third-order valence-corrected chi connectivity index (χ3v) is 5.56. The van der Waals surface area contributed by atoms with E-state index in [-0.39, 0.29) is 0 Å². The zero-order valence-electron chi connectivity index (χ0n) is 11.6. The molecule has 0 saturated carbocycles. The number of thioether (sulfide) groups is 1. The summed E-state index contributed by atoms with van der Waals surface area (Å²) in [4.78, 5) is 1.35. The third-order valence-electron chi connectivity index (χ3n) is 3.03. The minimum atomic E-state index is 0.613. The Balaban J connectivity index is 2.73. The van der Waals surface area contributed by atoms with Gasteiger partial charge in [0.05, 0.1) is 0 Å². The lowest BCUT2D eigenvalue weighted by molar-refractivity contribution is 0.465. The predicted octanol–water partition coefficient (Wildman–Crippen LogP) is 5.10. The van der Waals surface area contributed by atoms with E-state index in [1.165, 1.54) is 28.6 Å². The smallest absolute Gasteiger partial charge is 0.0311 e. The van der Waals surface area contributed by atoms with E-state index >= 15 is 0 Å². The lowest BCUT2D eigenvalue weighted by Crippen LogP contribution is -2.37. The maximum atomic E-state index is 3.64. The highest BCUT2D eigenvalue weighted by Gasteiger charge is 2.20. The lowest BCUT2D eigenvalue weighted by Gasteiger charge is -2.26. The van der Waals surface area contributed by atoms with E-state index in [0.717, 1.165) is 6.54 Å². The standard InChI is InChI=1S/C15H24BrNS/c1-4-9-13(17-6-3)14(5-2)18-15-11-8-7-10-12(15)16/h7-8,10-11,13-14,17H,4-6,9H2,1-3H3. The van der Waals surface area contributed by atoms with Gasteiger partial charge in [-0.25, -0.2) is 0 Å². The van der Waals surface area contributed by atoms with Crippen LogP contribution in [0.3, 0.4) is 0 Å². The highest BCUT2D eigenvalue weighted by Crippen LogP contribution is 2.33. The molecule has 0 amide bonds. The van der Waals surface area contributed by atoms with Gasteiger partial charge in [0.25, 0.3) is 0 Å². The summed E-state index contributed by atoms with van der Waals surface area (Å²) in [7, 11) is 0. The summed E-state index contributed by atoms with van der Waals surface area (Å²) in [5, 5.41) is 4.28. The molecule has 0 spiro atoms. The molecule has 1 aromatic carbocycles. The molecule has 2 atom stereocenters. The first kappa shape index (κ1) is 16.1. The topological polar surface area (TPSA) is 12.0 Å². The summed E-state index contributed by atoms with van der Waals surface area (Å²) in [5.41, 5.74) is 0. The van der Waals surface area contributed by atoms with Crippen LogP contribution in [0.2, 0.25) is 0 Å². The molecule has 102 valence electrons. The van der Waals surface area contributed by atoms with Crippen LogP contribution in [0.25, 0.3) is 0 Å². The van der Waals surface area contributed by atoms with Crippen LogP contribution in [0.15, 0.2) is 33.6 Å². The number of hydrogen-bond donors (Lipinski definition) is 1. The average Bonchev–Trinajstić information content (AvgIpc) is 2.38. The Hall–Kier alpha value is 0.01000. The van der Waals surface area contributed by atoms with E-state index in [4.69, 9.17) is 0 Å². The van der Waals surface area contributed by atoms with Gasteiger partial charge in [-0.2, -0.15) is 0 Å². The first-order chi connectivity index (χ1) is 8.72. The Morgan fingerprint density at radius 3 is 2.50 bits per heavy atom. The van der Waals surface area contributed by atoms with Gasteiger partial charge in [-0.05, 0) is 47.4 Å². The lowest BCUT2D eigenvalue weighted by atomic mass is 10.1. The second-order valence-electron chi connectivity index (χ2n) is 4.45. The fourth-order valence-corrected chi connectivity index (χ4v) is 3.94. The second-order valence-corrected chi connectivity index (χ2v) is 6.58. The Bertz CT molecular complexity index is 337. The second kappa shape index (κ2) is 9.00. The maximum Gasteiger partial charge on any atom is 0.0311 e. The van der Waals surface area contributed by atoms with Gasteiger partial charge in [-0.1, -0.05) is 39.3 Å². The van der Waals surface area contributed by atoms with Gasteiger partial charge in [0.15, 0.2) is 0 Å². The molecule has 0 aliphatic carbocycles. The highest BCUT2D eigenvalue weighted by atomic mass is 79.9. The number of hydrogen-bond acceptors (Lipinski definition) is 2. The van der Waals surface area contributed by atoms with Crippen LogP contribution in [0.5, 0.6) is 0 Å². The Morgan fingerprint density at radius 2 is 1.94 bits per heavy atom. The van der Waals surface area contributed by atoms with Gasteiger partial charge in [0.2, 0.25) is 0 Å². The van der Waals surface area contributed by atoms with Crippen LogP contribution in [-0.2, 0) is 0 Å². The van der Waals surface area contributed by atoms with E-state index < -0.39 is 0 Å². The van der Waals surface area contributed by atoms with Crippen molar-refractivity contribution in [2.24, 2.45) is 0 Å². The van der Waals surface area contributed by atoms with Crippen molar-refractivity contribution >= 4 is 27.7 Å². The SMILES string of the molecule is CCCC(NCC)C(CC)Sc1ccccc1Br. The zero-order valence-corrected chi connectivity index (χ0v) is 14.0. The molecule has 0 radical (unpaired) electrons. The summed E-state index contributed by atoms with van der Waals surface area (Å²) >= 11 is 5.63. The quantitative estimate of drug-likeness (QED) is 0.666. The minimum Gasteiger partial charge on any atom is -0.313 e. The van der Waals surface area contributed by atoms with Crippen molar-refractivity contribution in [3.05, 3.63) is 28.7 Å². The fourth-order valence-electron chi connectivity index (χ4n) is 2.15. The van der Waals surface area contributed by atoms with Gasteiger partial charge in [-0.15, -0.1) is 11.8 Å². The molecule has 1 nitrogen and oxygen atoms in total. The summed E-state index contributed by atoms with van der Waals surface area (Å²) in [6.45, 7) is 7.80. The monoisotopic (exact) mass is 329 g/mol. The Labute approximate surface area is 124 Å². The number of halogens is 1. The summed E-state index contributed by atoms with van der Waals surface area (Å²) < 4.78 is 1.21. The molecule has 0 aliphatic rings. The normalized spacial score (nSPS) is 14.4. The number of nitrogens with one attached hydrogen (secondary N) is 1. The molecule has 3 heteroatoms. The first-order valence-corrected chi connectivity index (χ1v) is 8.54. The molecule has 1 aromatic rings. The Kier molecular flexibility index (Phi) is 8.03. The molecule has 18 heavy (non-hydrogen) atoms.